The van der Waals surface area contributed by atoms with E-state index in [0.29, 0.717) is 21.7 Å². The summed E-state index contributed by atoms with van der Waals surface area (Å²) in [7, 11) is 0. The Hall–Kier alpha value is -1.90. The van der Waals surface area contributed by atoms with Crippen molar-refractivity contribution in [1.82, 2.24) is 24.2 Å². The van der Waals surface area contributed by atoms with Gasteiger partial charge in [0.1, 0.15) is 5.65 Å². The lowest BCUT2D eigenvalue weighted by atomic mass is 10.1. The van der Waals surface area contributed by atoms with Crippen LogP contribution in [-0.2, 0) is 0 Å². The van der Waals surface area contributed by atoms with Gasteiger partial charge in [-0.3, -0.25) is 0 Å². The first-order valence-corrected chi connectivity index (χ1v) is 10.5. The Morgan fingerprint density at radius 2 is 2.21 bits per heavy atom. The van der Waals surface area contributed by atoms with E-state index in [1.807, 2.05) is 11.9 Å². The third kappa shape index (κ3) is 4.24. The van der Waals surface area contributed by atoms with Gasteiger partial charge in [-0.1, -0.05) is 37.4 Å². The van der Waals surface area contributed by atoms with Crippen LogP contribution in [0.4, 0.5) is 10.2 Å². The number of aromatic amines is 1. The van der Waals surface area contributed by atoms with Crippen LogP contribution in [0.1, 0.15) is 26.7 Å². The number of fused-ring (bicyclic) bond motifs is 1. The van der Waals surface area contributed by atoms with Crippen LogP contribution in [-0.4, -0.2) is 48.6 Å². The largest absolute Gasteiger partial charge is 0.363 e. The van der Waals surface area contributed by atoms with E-state index in [2.05, 4.69) is 43.4 Å². The molecule has 0 aliphatic carbocycles. The highest BCUT2D eigenvalue weighted by Crippen LogP contribution is 2.29. The molecule has 28 heavy (non-hydrogen) atoms. The summed E-state index contributed by atoms with van der Waals surface area (Å²) in [6, 6.07) is 1.95. The number of piperidine rings is 1. The van der Waals surface area contributed by atoms with Gasteiger partial charge in [-0.2, -0.15) is 0 Å². The SMILES string of the molecule is CC(C)SN1CCCC(Nc2nc(-c3c[nH]c4ncc(Cl)cc34)ncc2F)C1. The van der Waals surface area contributed by atoms with Crippen LogP contribution in [0.3, 0.4) is 0 Å². The number of aromatic nitrogens is 4. The summed E-state index contributed by atoms with van der Waals surface area (Å²) in [5.74, 6) is 0.215. The Kier molecular flexibility index (Phi) is 5.70. The van der Waals surface area contributed by atoms with Gasteiger partial charge >= 0.3 is 0 Å². The van der Waals surface area contributed by atoms with Gasteiger partial charge in [0, 0.05) is 47.7 Å². The Balaban J connectivity index is 1.58. The first kappa shape index (κ1) is 19.4. The predicted octanol–water partition coefficient (Wildman–Crippen LogP) is 4.75. The van der Waals surface area contributed by atoms with Crippen molar-refractivity contribution in [2.45, 2.75) is 38.0 Å². The van der Waals surface area contributed by atoms with Crippen LogP contribution in [0.5, 0.6) is 0 Å². The van der Waals surface area contributed by atoms with Crippen molar-refractivity contribution in [1.29, 1.82) is 0 Å². The summed E-state index contributed by atoms with van der Waals surface area (Å²) in [5.41, 5.74) is 1.43. The fourth-order valence-electron chi connectivity index (χ4n) is 3.41. The van der Waals surface area contributed by atoms with Gasteiger partial charge in [0.25, 0.3) is 0 Å². The minimum Gasteiger partial charge on any atom is -0.363 e. The number of halogens is 2. The fourth-order valence-corrected chi connectivity index (χ4v) is 4.66. The van der Waals surface area contributed by atoms with Crippen LogP contribution < -0.4 is 5.32 Å². The summed E-state index contributed by atoms with van der Waals surface area (Å²) >= 11 is 7.91. The number of pyridine rings is 1. The molecule has 1 saturated heterocycles. The topological polar surface area (TPSA) is 69.7 Å². The quantitative estimate of drug-likeness (QED) is 0.581. The molecule has 148 valence electrons. The fraction of sp³-hybridized carbons (Fsp3) is 0.421. The standard InChI is InChI=1S/C19H22ClFN6S/c1-11(2)28-27-5-3-4-13(10-27)25-19-16(21)9-24-18(26-19)15-8-23-17-14(15)6-12(20)7-22-17/h6-9,11,13H,3-5,10H2,1-2H3,(H,22,23)(H,24,25,26). The zero-order chi connectivity index (χ0) is 19.7. The van der Waals surface area contributed by atoms with E-state index in [-0.39, 0.29) is 11.9 Å². The third-order valence-electron chi connectivity index (χ3n) is 4.57. The Morgan fingerprint density at radius 3 is 3.04 bits per heavy atom. The smallest absolute Gasteiger partial charge is 0.183 e. The molecule has 0 spiro atoms. The maximum atomic E-state index is 14.4. The minimum atomic E-state index is -0.451. The molecule has 3 aromatic heterocycles. The van der Waals surface area contributed by atoms with Crippen molar-refractivity contribution in [3.63, 3.8) is 0 Å². The second-order valence-electron chi connectivity index (χ2n) is 7.17. The predicted molar refractivity (Wildman–Crippen MR) is 113 cm³/mol. The lowest BCUT2D eigenvalue weighted by Crippen LogP contribution is -2.39. The van der Waals surface area contributed by atoms with E-state index in [1.165, 1.54) is 6.20 Å². The zero-order valence-electron chi connectivity index (χ0n) is 15.7. The molecule has 0 amide bonds. The molecule has 4 heterocycles. The molecule has 0 bridgehead atoms. The number of hydrogen-bond donors (Lipinski definition) is 2. The van der Waals surface area contributed by atoms with Crippen LogP contribution >= 0.6 is 23.5 Å². The monoisotopic (exact) mass is 420 g/mol. The van der Waals surface area contributed by atoms with E-state index < -0.39 is 5.82 Å². The number of rotatable bonds is 5. The molecule has 1 fully saturated rings. The normalized spacial score (nSPS) is 18.1. The Labute approximate surface area is 172 Å². The van der Waals surface area contributed by atoms with Crippen molar-refractivity contribution in [2.24, 2.45) is 0 Å². The molecule has 1 atom stereocenters. The highest BCUT2D eigenvalue weighted by atomic mass is 35.5. The molecule has 0 saturated carbocycles. The number of H-pyrrole nitrogens is 1. The molecular weight excluding hydrogens is 399 g/mol. The highest BCUT2D eigenvalue weighted by Gasteiger charge is 2.23. The van der Waals surface area contributed by atoms with Crippen LogP contribution in [0.15, 0.2) is 24.7 Å². The van der Waals surface area contributed by atoms with Crippen molar-refractivity contribution in [3.8, 4) is 11.4 Å². The maximum absolute atomic E-state index is 14.4. The summed E-state index contributed by atoms with van der Waals surface area (Å²) in [5, 5.41) is 5.15. The molecule has 4 rings (SSSR count). The van der Waals surface area contributed by atoms with Crippen LogP contribution in [0.2, 0.25) is 5.02 Å². The minimum absolute atomic E-state index is 0.149. The molecule has 0 radical (unpaired) electrons. The van der Waals surface area contributed by atoms with Gasteiger partial charge < -0.3 is 10.3 Å². The summed E-state index contributed by atoms with van der Waals surface area (Å²) in [6.07, 6.45) is 6.62. The zero-order valence-corrected chi connectivity index (χ0v) is 17.3. The van der Waals surface area contributed by atoms with Crippen molar-refractivity contribution < 1.29 is 4.39 Å². The van der Waals surface area contributed by atoms with Gasteiger partial charge in [-0.15, -0.1) is 0 Å². The van der Waals surface area contributed by atoms with Crippen LogP contribution in [0, 0.1) is 5.82 Å². The molecule has 1 aliphatic rings. The van der Waals surface area contributed by atoms with Gasteiger partial charge in [0.15, 0.2) is 17.5 Å². The second-order valence-corrected chi connectivity index (χ2v) is 9.27. The lowest BCUT2D eigenvalue weighted by molar-refractivity contribution is 0.353. The Morgan fingerprint density at radius 1 is 1.36 bits per heavy atom. The number of hydrogen-bond acceptors (Lipinski definition) is 6. The first-order chi connectivity index (χ1) is 13.5. The first-order valence-electron chi connectivity index (χ1n) is 9.33. The van der Waals surface area contributed by atoms with E-state index >= 15 is 0 Å². The second kappa shape index (κ2) is 8.23. The molecule has 6 nitrogen and oxygen atoms in total. The molecule has 1 aliphatic heterocycles. The highest BCUT2D eigenvalue weighted by molar-refractivity contribution is 7.97. The lowest BCUT2D eigenvalue weighted by Gasteiger charge is -2.33. The third-order valence-corrected chi connectivity index (χ3v) is 5.83. The Bertz CT molecular complexity index is 978. The van der Waals surface area contributed by atoms with E-state index in [9.17, 15) is 4.39 Å². The number of nitrogens with zero attached hydrogens (tertiary/aromatic N) is 4. The maximum Gasteiger partial charge on any atom is 0.183 e. The average molecular weight is 421 g/mol. The van der Waals surface area contributed by atoms with E-state index in [4.69, 9.17) is 11.6 Å². The van der Waals surface area contributed by atoms with E-state index in [1.54, 1.807) is 18.5 Å². The molecule has 1 unspecified atom stereocenters. The van der Waals surface area contributed by atoms with Gasteiger partial charge in [0.05, 0.1) is 11.2 Å². The van der Waals surface area contributed by atoms with Gasteiger partial charge in [-0.25, -0.2) is 23.6 Å². The molecule has 2 N–H and O–H groups in total. The molecule has 3 aromatic rings. The molecule has 9 heteroatoms. The van der Waals surface area contributed by atoms with Crippen molar-refractivity contribution in [3.05, 3.63) is 35.5 Å². The van der Waals surface area contributed by atoms with E-state index in [0.717, 1.165) is 36.9 Å². The molecular formula is C19H22ClFN6S. The molecule has 0 aromatic carbocycles. The van der Waals surface area contributed by atoms with Gasteiger partial charge in [-0.05, 0) is 18.9 Å². The summed E-state index contributed by atoms with van der Waals surface area (Å²) in [6.45, 7) is 6.27. The number of nitrogens with one attached hydrogen (secondary N) is 2. The summed E-state index contributed by atoms with van der Waals surface area (Å²) < 4.78 is 16.8. The average Bonchev–Trinajstić information content (AvgIpc) is 3.06. The van der Waals surface area contributed by atoms with Crippen molar-refractivity contribution >= 4 is 40.4 Å². The summed E-state index contributed by atoms with van der Waals surface area (Å²) in [4.78, 5) is 16.0. The van der Waals surface area contributed by atoms with Crippen molar-refractivity contribution in [2.75, 3.05) is 18.4 Å². The van der Waals surface area contributed by atoms with Gasteiger partial charge in [0.2, 0.25) is 0 Å². The number of anilines is 1. The van der Waals surface area contributed by atoms with Crippen LogP contribution in [0.25, 0.3) is 22.4 Å².